The Morgan fingerprint density at radius 1 is 0.465 bits per heavy atom. The summed E-state index contributed by atoms with van der Waals surface area (Å²) in [7, 11) is -17.8. The summed E-state index contributed by atoms with van der Waals surface area (Å²) in [4.78, 5) is 0. The highest BCUT2D eigenvalue weighted by Gasteiger charge is 2.68. The van der Waals surface area contributed by atoms with Crippen LogP contribution in [0.4, 0.5) is 0 Å². The van der Waals surface area contributed by atoms with Crippen molar-refractivity contribution in [2.24, 2.45) is 41.8 Å². The smallest absolute Gasteiger partial charge is 0.253 e. The highest BCUT2D eigenvalue weighted by molar-refractivity contribution is 8.00. The van der Waals surface area contributed by atoms with Crippen molar-refractivity contribution in [3.63, 3.8) is 0 Å². The second-order valence-electron chi connectivity index (χ2n) is 29.4. The van der Waals surface area contributed by atoms with Gasteiger partial charge in [0.2, 0.25) is 0 Å². The van der Waals surface area contributed by atoms with Crippen molar-refractivity contribution in [2.75, 3.05) is 25.7 Å². The van der Waals surface area contributed by atoms with Crippen LogP contribution >= 0.6 is 14.1 Å². The van der Waals surface area contributed by atoms with Crippen LogP contribution in [0.25, 0.3) is 11.1 Å². The molecule has 4 fully saturated rings. The van der Waals surface area contributed by atoms with Gasteiger partial charge in [-0.25, -0.2) is 16.8 Å². The molecule has 6 aromatic carbocycles. The number of sulfonamides is 2. The van der Waals surface area contributed by atoms with Gasteiger partial charge in [-0.3, -0.25) is 0 Å². The lowest BCUT2D eigenvalue weighted by atomic mass is 9.70. The Bertz CT molecular complexity index is 3490. The first-order chi connectivity index (χ1) is 40.2. The molecule has 4 aliphatic carbocycles. The van der Waals surface area contributed by atoms with E-state index in [-0.39, 0.29) is 44.6 Å². The molecular formula is C70H94N2O8P2S2Si2. The minimum atomic E-state index is -4.40. The fourth-order valence-corrected chi connectivity index (χ4v) is 32.2. The van der Waals surface area contributed by atoms with Crippen LogP contribution in [0, 0.1) is 33.5 Å². The third kappa shape index (κ3) is 10.8. The number of methoxy groups -OCH3 is 2. The Morgan fingerprint density at radius 3 is 1.01 bits per heavy atom. The second-order valence-corrected chi connectivity index (χ2v) is 48.7. The number of hydrogen-bond acceptors (Lipinski definition) is 8. The maximum Gasteiger partial charge on any atom is 0.253 e. The predicted octanol–water partition coefficient (Wildman–Crippen LogP) is 15.4. The summed E-state index contributed by atoms with van der Waals surface area (Å²) in [5, 5.41) is 3.96. The van der Waals surface area contributed by atoms with E-state index in [9.17, 15) is 0 Å². The van der Waals surface area contributed by atoms with E-state index in [2.05, 4.69) is 95.4 Å². The van der Waals surface area contributed by atoms with Crippen molar-refractivity contribution in [3.8, 4) is 22.6 Å². The van der Waals surface area contributed by atoms with Crippen molar-refractivity contribution in [1.29, 1.82) is 0 Å². The monoisotopic (exact) mass is 1270 g/mol. The van der Waals surface area contributed by atoms with Gasteiger partial charge in [0.05, 0.1) is 52.0 Å². The Morgan fingerprint density at radius 2 is 0.756 bits per heavy atom. The topological polar surface area (TPSA) is 130 Å². The van der Waals surface area contributed by atoms with E-state index in [4.69, 9.17) is 26.6 Å². The first-order valence-electron chi connectivity index (χ1n) is 30.9. The molecule has 86 heavy (non-hydrogen) atoms. The minimum absolute atomic E-state index is 0.0852. The molecule has 462 valence electrons. The zero-order chi connectivity index (χ0) is 62.4. The van der Waals surface area contributed by atoms with E-state index in [1.165, 1.54) is 0 Å². The molecule has 0 heterocycles. The molecule has 16 heteroatoms. The Hall–Kier alpha value is -4.37. The van der Waals surface area contributed by atoms with Crippen molar-refractivity contribution in [3.05, 3.63) is 158 Å². The number of benzene rings is 6. The van der Waals surface area contributed by atoms with E-state index in [0.717, 1.165) is 59.7 Å². The van der Waals surface area contributed by atoms with Gasteiger partial charge >= 0.3 is 0 Å². The number of ether oxygens (including phenoxy) is 2. The van der Waals surface area contributed by atoms with Crippen LogP contribution < -0.4 is 41.3 Å². The molecule has 4 bridgehead atoms. The van der Waals surface area contributed by atoms with Gasteiger partial charge in [-0.1, -0.05) is 215 Å². The van der Waals surface area contributed by atoms with Crippen molar-refractivity contribution >= 4 is 82.6 Å². The molecule has 0 spiro atoms. The predicted molar refractivity (Wildman–Crippen MR) is 366 cm³/mol. The highest BCUT2D eigenvalue weighted by atomic mass is 32.2. The van der Waals surface area contributed by atoms with E-state index < -0.39 is 61.6 Å². The van der Waals surface area contributed by atoms with Crippen LogP contribution in [0.2, 0.25) is 36.3 Å². The van der Waals surface area contributed by atoms with E-state index in [1.54, 1.807) is 14.2 Å². The normalized spacial score (nSPS) is 24.0. The molecule has 6 atom stereocenters. The third-order valence-electron chi connectivity index (χ3n) is 22.5. The number of rotatable bonds is 19. The zero-order valence-corrected chi connectivity index (χ0v) is 59.3. The Kier molecular flexibility index (Phi) is 17.2. The minimum Gasteiger partial charge on any atom is -0.496 e. The lowest BCUT2D eigenvalue weighted by Crippen LogP contribution is -2.52. The summed E-state index contributed by atoms with van der Waals surface area (Å²) in [5.74, 6) is 1.10. The first kappa shape index (κ1) is 64.6. The standard InChI is InChI=1S/C70H94N2O8P2S2Si2/c1-65(2,3)85(13,14)79-61-47-51-43-45-69(61,67(51,7)8)49-83(73,74)71-81(53-31-21-17-22-32-53,54-33-23-18-24-34-54)59-41-29-39-57(77-11)63(59)64-58(78-12)40-30-42-60(64)82(55-35-25-19-26-36-55,56-37-27-20-28-38-56)72-84(75,76)50-70-46-44-52(68(70,9)10)48-62(70)80-86(15,16)66(4,5)6/h17-42,51-52,61-62H,43-50H2,1-16H3/t51-,52-,61-,62-,69-,70-/m1/s1. The molecule has 4 saturated carbocycles. The first-order valence-corrected chi connectivity index (χ1v) is 43.4. The summed E-state index contributed by atoms with van der Waals surface area (Å²) in [6.45, 7) is 31.6. The van der Waals surface area contributed by atoms with Crippen molar-refractivity contribution in [1.82, 2.24) is 0 Å². The van der Waals surface area contributed by atoms with Gasteiger partial charge in [0.25, 0.3) is 20.0 Å². The van der Waals surface area contributed by atoms with Crippen LogP contribution in [0.3, 0.4) is 0 Å². The Labute approximate surface area is 518 Å². The van der Waals surface area contributed by atoms with Gasteiger partial charge in [0, 0.05) is 53.8 Å². The zero-order valence-electron chi connectivity index (χ0n) is 53.8. The summed E-state index contributed by atoms with van der Waals surface area (Å²) >= 11 is 0. The van der Waals surface area contributed by atoms with E-state index in [0.29, 0.717) is 45.1 Å². The number of fused-ring (bicyclic) bond motifs is 4. The molecule has 0 amide bonds. The summed E-state index contributed by atoms with van der Waals surface area (Å²) in [6, 6.07) is 51.1. The molecule has 0 N–H and O–H groups in total. The molecule has 0 radical (unpaired) electrons. The summed E-state index contributed by atoms with van der Waals surface area (Å²) < 4.78 is 105. The summed E-state index contributed by atoms with van der Waals surface area (Å²) in [5.41, 5.74) is -1.04. The third-order valence-corrected chi connectivity index (χ3v) is 43.5. The molecular weight excluding hydrogens is 1180 g/mol. The maximum absolute atomic E-state index is 16.4. The van der Waals surface area contributed by atoms with E-state index in [1.807, 2.05) is 158 Å². The van der Waals surface area contributed by atoms with Crippen molar-refractivity contribution < 1.29 is 35.2 Å². The average Bonchev–Trinajstić information content (AvgIpc) is 1.41. The fourth-order valence-electron chi connectivity index (χ4n) is 15.3. The molecule has 0 aromatic heterocycles. The SMILES string of the molecule is COc1cccc(P(=NS(=O)(=O)C[C@]23CC[C@H](C[C@H]2O[Si](C)(C)C(C)(C)C)C3(C)C)(c2ccccc2)c2ccccc2)c1-c1c(OC)cccc1P(=NS(=O)(=O)C[C@]12CC[C@H](C[C@H]1O[Si](C)(C)C(C)(C)C)C2(C)C)(c1ccccc1)c1ccccc1. The molecule has 0 saturated heterocycles. The quantitative estimate of drug-likeness (QED) is 0.0579. The molecule has 10 rings (SSSR count). The van der Waals surface area contributed by atoms with Crippen molar-refractivity contribution in [2.45, 2.75) is 156 Å². The molecule has 0 aliphatic heterocycles. The Balaban J connectivity index is 1.30. The average molecular weight is 1270 g/mol. The lowest BCUT2D eigenvalue weighted by molar-refractivity contribution is 0.0236. The van der Waals surface area contributed by atoms with Gasteiger partial charge in [0.1, 0.15) is 11.5 Å². The number of hydrogen-bond donors (Lipinski definition) is 0. The largest absolute Gasteiger partial charge is 0.496 e. The molecule has 6 aromatic rings. The highest BCUT2D eigenvalue weighted by Crippen LogP contribution is 2.70. The van der Waals surface area contributed by atoms with Crippen LogP contribution in [-0.4, -0.2) is 71.4 Å². The molecule has 4 aliphatic rings. The maximum atomic E-state index is 16.4. The van der Waals surface area contributed by atoms with Crippen LogP contribution in [0.5, 0.6) is 11.5 Å². The van der Waals surface area contributed by atoms with Gasteiger partial charge in [-0.15, -0.1) is 0 Å². The molecule has 0 unspecified atom stereocenters. The second kappa shape index (κ2) is 22.8. The van der Waals surface area contributed by atoms with Crippen LogP contribution in [0.15, 0.2) is 166 Å². The van der Waals surface area contributed by atoms with Gasteiger partial charge in [0.15, 0.2) is 16.6 Å². The van der Waals surface area contributed by atoms with Gasteiger partial charge in [-0.2, -0.15) is 8.30 Å². The van der Waals surface area contributed by atoms with E-state index >= 15 is 16.8 Å². The molecule has 10 nitrogen and oxygen atoms in total. The van der Waals surface area contributed by atoms with Gasteiger partial charge < -0.3 is 18.3 Å². The number of nitrogens with zero attached hydrogens (tertiary/aromatic N) is 2. The fraction of sp³-hybridized carbons (Fsp3) is 0.486. The summed E-state index contributed by atoms with van der Waals surface area (Å²) in [6.07, 6.45) is 4.38. The van der Waals surface area contributed by atoms with Crippen LogP contribution in [-0.2, 0) is 28.9 Å². The lowest BCUT2D eigenvalue weighted by Gasteiger charge is -2.47. The van der Waals surface area contributed by atoms with Gasteiger partial charge in [-0.05, 0) is 110 Å². The van der Waals surface area contributed by atoms with Crippen LogP contribution in [0.1, 0.15) is 108 Å².